The first-order valence-electron chi connectivity index (χ1n) is 3.79. The maximum absolute atomic E-state index is 11.2. The van der Waals surface area contributed by atoms with Gasteiger partial charge in [0.05, 0.1) is 6.61 Å². The Kier molecular flexibility index (Phi) is 3.62. The van der Waals surface area contributed by atoms with E-state index in [2.05, 4.69) is 0 Å². The summed E-state index contributed by atoms with van der Waals surface area (Å²) in [5.41, 5.74) is 5.68. The number of nitrogen functional groups attached to an aromatic ring is 1. The van der Waals surface area contributed by atoms with Gasteiger partial charge >= 0.3 is 5.97 Å². The minimum Gasteiger partial charge on any atom is -0.462 e. The normalized spacial score (nSPS) is 10.0. The molecule has 3 nitrogen and oxygen atoms in total. The molecule has 0 spiro atoms. The number of carbonyl (C=O) groups is 1. The van der Waals surface area contributed by atoms with Crippen LogP contribution < -0.4 is 5.73 Å². The summed E-state index contributed by atoms with van der Waals surface area (Å²) < 4.78 is 4.85. The van der Waals surface area contributed by atoms with E-state index >= 15 is 0 Å². The van der Waals surface area contributed by atoms with Crippen molar-refractivity contribution >= 4 is 34.1 Å². The minimum absolute atomic E-state index is 0.292. The van der Waals surface area contributed by atoms with Crippen LogP contribution >= 0.6 is 23.1 Å². The Balaban J connectivity index is 2.84. The highest BCUT2D eigenvalue weighted by Gasteiger charge is 2.12. The lowest BCUT2D eigenvalue weighted by Crippen LogP contribution is -2.01. The summed E-state index contributed by atoms with van der Waals surface area (Å²) in [4.78, 5) is 12.8. The van der Waals surface area contributed by atoms with Gasteiger partial charge in [0.2, 0.25) is 0 Å². The number of thiophene rings is 1. The number of carbonyl (C=O) groups excluding carboxylic acids is 1. The average molecular weight is 217 g/mol. The molecule has 5 heteroatoms. The molecule has 13 heavy (non-hydrogen) atoms. The van der Waals surface area contributed by atoms with E-state index in [1.54, 1.807) is 13.0 Å². The van der Waals surface area contributed by atoms with E-state index in [4.69, 9.17) is 10.5 Å². The first-order valence-corrected chi connectivity index (χ1v) is 5.83. The molecule has 72 valence electrons. The number of hydrogen-bond donors (Lipinski definition) is 1. The second kappa shape index (κ2) is 4.53. The van der Waals surface area contributed by atoms with E-state index in [0.29, 0.717) is 16.5 Å². The SMILES string of the molecule is CCOC(=O)c1cc(SC)c(N)s1. The second-order valence-electron chi connectivity index (χ2n) is 2.26. The van der Waals surface area contributed by atoms with Crippen molar-refractivity contribution in [2.24, 2.45) is 0 Å². The summed E-state index contributed by atoms with van der Waals surface area (Å²) in [5.74, 6) is -0.292. The molecule has 0 radical (unpaired) electrons. The van der Waals surface area contributed by atoms with Crippen LogP contribution in [0.2, 0.25) is 0 Å². The summed E-state index contributed by atoms with van der Waals surface area (Å²) in [7, 11) is 0. The Morgan fingerprint density at radius 1 is 1.77 bits per heavy atom. The van der Waals surface area contributed by atoms with Gasteiger partial charge in [-0.3, -0.25) is 0 Å². The first kappa shape index (κ1) is 10.4. The summed E-state index contributed by atoms with van der Waals surface area (Å²) in [6.45, 7) is 2.18. The van der Waals surface area contributed by atoms with Crippen molar-refractivity contribution in [1.29, 1.82) is 0 Å². The van der Waals surface area contributed by atoms with Gasteiger partial charge in [0.25, 0.3) is 0 Å². The lowest BCUT2D eigenvalue weighted by atomic mass is 10.5. The Morgan fingerprint density at radius 3 is 2.92 bits per heavy atom. The van der Waals surface area contributed by atoms with Gasteiger partial charge in [0.1, 0.15) is 9.88 Å². The van der Waals surface area contributed by atoms with Crippen molar-refractivity contribution in [2.75, 3.05) is 18.6 Å². The molecule has 1 aromatic rings. The van der Waals surface area contributed by atoms with Crippen molar-refractivity contribution < 1.29 is 9.53 Å². The van der Waals surface area contributed by atoms with E-state index in [-0.39, 0.29) is 5.97 Å². The standard InChI is InChI=1S/C8H11NO2S2/c1-3-11-8(10)6-4-5(12-2)7(9)13-6/h4H,3,9H2,1-2H3. The van der Waals surface area contributed by atoms with Gasteiger partial charge < -0.3 is 10.5 Å². The van der Waals surface area contributed by atoms with E-state index in [9.17, 15) is 4.79 Å². The topological polar surface area (TPSA) is 52.3 Å². The van der Waals surface area contributed by atoms with Crippen LogP contribution in [0.15, 0.2) is 11.0 Å². The molecular formula is C8H11NO2S2. The molecule has 0 aliphatic carbocycles. The van der Waals surface area contributed by atoms with Gasteiger partial charge in [-0.25, -0.2) is 4.79 Å². The lowest BCUT2D eigenvalue weighted by molar-refractivity contribution is 0.0532. The van der Waals surface area contributed by atoms with Crippen molar-refractivity contribution in [3.05, 3.63) is 10.9 Å². The predicted octanol–water partition coefficient (Wildman–Crippen LogP) is 2.23. The molecule has 0 fully saturated rings. The molecular weight excluding hydrogens is 206 g/mol. The van der Waals surface area contributed by atoms with Gasteiger partial charge in [0.15, 0.2) is 0 Å². The maximum atomic E-state index is 11.2. The lowest BCUT2D eigenvalue weighted by Gasteiger charge is -1.95. The number of ether oxygens (including phenoxy) is 1. The fraction of sp³-hybridized carbons (Fsp3) is 0.375. The molecule has 0 aromatic carbocycles. The van der Waals surface area contributed by atoms with Crippen LogP contribution in [0.25, 0.3) is 0 Å². The fourth-order valence-corrected chi connectivity index (χ4v) is 2.45. The number of thioether (sulfide) groups is 1. The van der Waals surface area contributed by atoms with Gasteiger partial charge in [-0.15, -0.1) is 23.1 Å². The third-order valence-corrected chi connectivity index (χ3v) is 3.27. The van der Waals surface area contributed by atoms with E-state index in [0.717, 1.165) is 4.90 Å². The molecule has 2 N–H and O–H groups in total. The van der Waals surface area contributed by atoms with Crippen LogP contribution in [0.5, 0.6) is 0 Å². The third-order valence-electron chi connectivity index (χ3n) is 1.42. The van der Waals surface area contributed by atoms with E-state index in [1.165, 1.54) is 23.1 Å². The molecule has 0 bridgehead atoms. The van der Waals surface area contributed by atoms with Crippen LogP contribution in [0.4, 0.5) is 5.00 Å². The van der Waals surface area contributed by atoms with Crippen LogP contribution in [0, 0.1) is 0 Å². The van der Waals surface area contributed by atoms with Gasteiger partial charge in [-0.05, 0) is 19.2 Å². The van der Waals surface area contributed by atoms with Crippen molar-refractivity contribution in [2.45, 2.75) is 11.8 Å². The molecule has 0 saturated heterocycles. The van der Waals surface area contributed by atoms with Gasteiger partial charge in [0, 0.05) is 4.90 Å². The van der Waals surface area contributed by atoms with Crippen molar-refractivity contribution in [1.82, 2.24) is 0 Å². The number of hydrogen-bond acceptors (Lipinski definition) is 5. The molecule has 1 rings (SSSR count). The highest BCUT2D eigenvalue weighted by atomic mass is 32.2. The zero-order valence-electron chi connectivity index (χ0n) is 7.49. The maximum Gasteiger partial charge on any atom is 0.348 e. The van der Waals surface area contributed by atoms with Crippen LogP contribution in [0.3, 0.4) is 0 Å². The monoisotopic (exact) mass is 217 g/mol. The molecule has 0 amide bonds. The number of anilines is 1. The van der Waals surface area contributed by atoms with Crippen molar-refractivity contribution in [3.8, 4) is 0 Å². The first-order chi connectivity index (χ1) is 6.19. The average Bonchev–Trinajstić information content (AvgIpc) is 2.47. The number of rotatable bonds is 3. The Bertz CT molecular complexity index is 309. The zero-order chi connectivity index (χ0) is 9.84. The molecule has 0 aliphatic rings. The van der Waals surface area contributed by atoms with Crippen LogP contribution in [-0.4, -0.2) is 18.8 Å². The van der Waals surface area contributed by atoms with Gasteiger partial charge in [-0.2, -0.15) is 0 Å². The third kappa shape index (κ3) is 2.38. The second-order valence-corrected chi connectivity index (χ2v) is 4.20. The van der Waals surface area contributed by atoms with Crippen LogP contribution in [0.1, 0.15) is 16.6 Å². The van der Waals surface area contributed by atoms with E-state index < -0.39 is 0 Å². The van der Waals surface area contributed by atoms with Crippen LogP contribution in [-0.2, 0) is 4.74 Å². The Morgan fingerprint density at radius 2 is 2.46 bits per heavy atom. The molecule has 0 atom stereocenters. The van der Waals surface area contributed by atoms with E-state index in [1.807, 2.05) is 6.26 Å². The number of nitrogens with two attached hydrogens (primary N) is 1. The fourth-order valence-electron chi connectivity index (χ4n) is 0.851. The molecule has 0 saturated carbocycles. The number of esters is 1. The highest BCUT2D eigenvalue weighted by molar-refractivity contribution is 7.99. The summed E-state index contributed by atoms with van der Waals surface area (Å²) in [6, 6.07) is 1.77. The highest BCUT2D eigenvalue weighted by Crippen LogP contribution is 2.32. The molecule has 1 heterocycles. The Labute approximate surface area is 85.3 Å². The van der Waals surface area contributed by atoms with Crippen molar-refractivity contribution in [3.63, 3.8) is 0 Å². The molecule has 0 unspecified atom stereocenters. The molecule has 0 aliphatic heterocycles. The summed E-state index contributed by atoms with van der Waals surface area (Å²) in [6.07, 6.45) is 1.92. The molecule has 1 aromatic heterocycles. The summed E-state index contributed by atoms with van der Waals surface area (Å²) >= 11 is 2.80. The minimum atomic E-state index is -0.292. The summed E-state index contributed by atoms with van der Waals surface area (Å²) in [5, 5.41) is 0.676. The Hall–Kier alpha value is -0.680. The predicted molar refractivity (Wildman–Crippen MR) is 56.5 cm³/mol. The van der Waals surface area contributed by atoms with Gasteiger partial charge in [-0.1, -0.05) is 0 Å². The smallest absolute Gasteiger partial charge is 0.348 e. The quantitative estimate of drug-likeness (QED) is 0.623. The largest absolute Gasteiger partial charge is 0.462 e. The zero-order valence-corrected chi connectivity index (χ0v) is 9.13.